The van der Waals surface area contributed by atoms with E-state index in [1.54, 1.807) is 12.1 Å². The van der Waals surface area contributed by atoms with Crippen LogP contribution in [-0.4, -0.2) is 34.6 Å². The summed E-state index contributed by atoms with van der Waals surface area (Å²) in [4.78, 5) is 12.4. The van der Waals surface area contributed by atoms with Gasteiger partial charge >= 0.3 is 0 Å². The zero-order chi connectivity index (χ0) is 18.0. The predicted molar refractivity (Wildman–Crippen MR) is 89.8 cm³/mol. The molecular weight excluding hydrogens is 348 g/mol. The van der Waals surface area contributed by atoms with Crippen molar-refractivity contribution in [1.29, 1.82) is 0 Å². The van der Waals surface area contributed by atoms with Crippen molar-refractivity contribution >= 4 is 21.6 Å². The highest BCUT2D eigenvalue weighted by atomic mass is 32.2. The van der Waals surface area contributed by atoms with Crippen molar-refractivity contribution in [2.75, 3.05) is 25.6 Å². The Morgan fingerprint density at radius 1 is 1.16 bits per heavy atom. The minimum atomic E-state index is -3.78. The topological polar surface area (TPSA) is 117 Å². The van der Waals surface area contributed by atoms with E-state index in [9.17, 15) is 13.2 Å². The highest BCUT2D eigenvalue weighted by Gasteiger charge is 2.21. The Morgan fingerprint density at radius 2 is 1.84 bits per heavy atom. The summed E-state index contributed by atoms with van der Waals surface area (Å²) >= 11 is 0. The van der Waals surface area contributed by atoms with Crippen molar-refractivity contribution in [3.63, 3.8) is 0 Å². The van der Waals surface area contributed by atoms with Gasteiger partial charge < -0.3 is 19.5 Å². The lowest BCUT2D eigenvalue weighted by atomic mass is 10.1. The fraction of sp³-hybridized carbons (Fsp3) is 0.188. The van der Waals surface area contributed by atoms with Gasteiger partial charge in [0.2, 0.25) is 15.8 Å². The number of amides is 1. The number of methoxy groups -OCH3 is 1. The maximum Gasteiger partial charge on any atom is 0.255 e. The third kappa shape index (κ3) is 3.67. The summed E-state index contributed by atoms with van der Waals surface area (Å²) in [6, 6.07) is 8.64. The van der Waals surface area contributed by atoms with Gasteiger partial charge in [-0.05, 0) is 36.4 Å². The van der Waals surface area contributed by atoms with Gasteiger partial charge in [-0.3, -0.25) is 4.79 Å². The molecule has 9 heteroatoms. The molecule has 3 N–H and O–H groups in total. The largest absolute Gasteiger partial charge is 0.493 e. The van der Waals surface area contributed by atoms with Crippen LogP contribution in [0.4, 0.5) is 5.69 Å². The molecule has 8 nitrogen and oxygen atoms in total. The van der Waals surface area contributed by atoms with Gasteiger partial charge in [0.1, 0.15) is 13.2 Å². The van der Waals surface area contributed by atoms with Crippen LogP contribution in [0.15, 0.2) is 41.3 Å². The van der Waals surface area contributed by atoms with E-state index in [4.69, 9.17) is 19.3 Å². The second kappa shape index (κ2) is 6.61. The van der Waals surface area contributed by atoms with Crippen LogP contribution in [0.3, 0.4) is 0 Å². The van der Waals surface area contributed by atoms with Crippen LogP contribution >= 0.6 is 0 Å². The molecule has 25 heavy (non-hydrogen) atoms. The summed E-state index contributed by atoms with van der Waals surface area (Å²) in [6.45, 7) is 0.793. The smallest absolute Gasteiger partial charge is 0.255 e. The molecule has 1 heterocycles. The first-order valence-corrected chi connectivity index (χ1v) is 8.85. The number of hydrogen-bond acceptors (Lipinski definition) is 6. The molecule has 1 aliphatic rings. The van der Waals surface area contributed by atoms with Crippen molar-refractivity contribution in [2.45, 2.75) is 4.90 Å². The van der Waals surface area contributed by atoms with Crippen molar-refractivity contribution < 1.29 is 27.4 Å². The second-order valence-electron chi connectivity index (χ2n) is 5.23. The summed E-state index contributed by atoms with van der Waals surface area (Å²) < 4.78 is 38.7. The minimum absolute atomic E-state index is 0.0357. The highest BCUT2D eigenvalue weighted by molar-refractivity contribution is 7.89. The number of carbonyl (C=O) groups is 1. The van der Waals surface area contributed by atoms with Gasteiger partial charge in [-0.15, -0.1) is 0 Å². The number of nitrogens with one attached hydrogen (secondary N) is 1. The number of carbonyl (C=O) groups excluding carboxylic acids is 1. The Kier molecular flexibility index (Phi) is 4.51. The zero-order valence-electron chi connectivity index (χ0n) is 13.3. The van der Waals surface area contributed by atoms with E-state index in [0.29, 0.717) is 41.7 Å². The number of hydrogen-bond donors (Lipinski definition) is 2. The number of ether oxygens (including phenoxy) is 3. The maximum atomic E-state index is 12.4. The number of nitrogens with two attached hydrogens (primary N) is 1. The maximum absolute atomic E-state index is 12.4. The number of benzene rings is 2. The first-order valence-electron chi connectivity index (χ1n) is 7.30. The third-order valence-electron chi connectivity index (χ3n) is 3.53. The van der Waals surface area contributed by atoms with Gasteiger partial charge in [0.25, 0.3) is 5.91 Å². The molecule has 132 valence electrons. The first kappa shape index (κ1) is 17.1. The van der Waals surface area contributed by atoms with Crippen LogP contribution in [0.1, 0.15) is 10.4 Å². The molecule has 0 aliphatic carbocycles. The van der Waals surface area contributed by atoms with Crippen LogP contribution in [0, 0.1) is 0 Å². The summed E-state index contributed by atoms with van der Waals surface area (Å²) in [5.41, 5.74) is 0.739. The molecule has 0 radical (unpaired) electrons. The van der Waals surface area contributed by atoms with Crippen molar-refractivity contribution in [3.05, 3.63) is 42.0 Å². The molecule has 0 aromatic heterocycles. The number of fused-ring (bicyclic) bond motifs is 1. The molecule has 0 saturated heterocycles. The normalized spacial score (nSPS) is 13.2. The van der Waals surface area contributed by atoms with E-state index in [1.807, 2.05) is 0 Å². The number of rotatable bonds is 4. The van der Waals surface area contributed by atoms with E-state index in [1.165, 1.54) is 31.4 Å². The zero-order valence-corrected chi connectivity index (χ0v) is 14.1. The Balaban J connectivity index is 1.84. The molecule has 1 aliphatic heterocycles. The molecule has 0 spiro atoms. The number of sulfonamides is 1. The van der Waals surface area contributed by atoms with Gasteiger partial charge in [-0.1, -0.05) is 0 Å². The lowest BCUT2D eigenvalue weighted by Crippen LogP contribution is -2.18. The van der Waals surface area contributed by atoms with Gasteiger partial charge in [0.15, 0.2) is 11.5 Å². The highest BCUT2D eigenvalue weighted by Crippen LogP contribution is 2.40. The molecule has 0 bridgehead atoms. The Morgan fingerprint density at radius 3 is 2.48 bits per heavy atom. The van der Waals surface area contributed by atoms with Gasteiger partial charge in [-0.2, -0.15) is 0 Å². The SMILES string of the molecule is COc1cc(C(=O)Nc2ccc(S(N)(=O)=O)cc2)cc2c1OCCO2. The number of primary sulfonamides is 1. The van der Waals surface area contributed by atoms with E-state index in [2.05, 4.69) is 5.32 Å². The molecule has 1 amide bonds. The fourth-order valence-corrected chi connectivity index (χ4v) is 2.85. The van der Waals surface area contributed by atoms with Crippen LogP contribution in [-0.2, 0) is 10.0 Å². The monoisotopic (exact) mass is 364 g/mol. The van der Waals surface area contributed by atoms with E-state index >= 15 is 0 Å². The Hall–Kier alpha value is -2.78. The van der Waals surface area contributed by atoms with Crippen LogP contribution in [0.25, 0.3) is 0 Å². The van der Waals surface area contributed by atoms with E-state index < -0.39 is 15.9 Å². The Bertz CT molecular complexity index is 892. The van der Waals surface area contributed by atoms with Gasteiger partial charge in [0, 0.05) is 11.3 Å². The summed E-state index contributed by atoms with van der Waals surface area (Å²) in [7, 11) is -2.31. The summed E-state index contributed by atoms with van der Waals surface area (Å²) in [6.07, 6.45) is 0. The minimum Gasteiger partial charge on any atom is -0.493 e. The average Bonchev–Trinajstić information content (AvgIpc) is 2.60. The first-order chi connectivity index (χ1) is 11.9. The van der Waals surface area contributed by atoms with Crippen molar-refractivity contribution in [1.82, 2.24) is 0 Å². The lowest BCUT2D eigenvalue weighted by Gasteiger charge is -2.21. The van der Waals surface area contributed by atoms with Crippen LogP contribution < -0.4 is 24.7 Å². The van der Waals surface area contributed by atoms with Gasteiger partial charge in [0.05, 0.1) is 12.0 Å². The van der Waals surface area contributed by atoms with Crippen molar-refractivity contribution in [2.24, 2.45) is 5.14 Å². The summed E-state index contributed by atoms with van der Waals surface area (Å²) in [5, 5.41) is 7.71. The van der Waals surface area contributed by atoms with E-state index in [-0.39, 0.29) is 4.90 Å². The fourth-order valence-electron chi connectivity index (χ4n) is 2.34. The average molecular weight is 364 g/mol. The standard InChI is InChI=1S/C16H16N2O6S/c1-22-13-8-10(9-14-15(13)24-7-6-23-14)16(19)18-11-2-4-12(5-3-11)25(17,20)21/h2-5,8-9H,6-7H2,1H3,(H,18,19)(H2,17,20,21). The molecule has 0 fully saturated rings. The molecule has 0 atom stereocenters. The molecule has 3 rings (SSSR count). The van der Waals surface area contributed by atoms with Crippen molar-refractivity contribution in [3.8, 4) is 17.2 Å². The molecule has 2 aromatic carbocycles. The van der Waals surface area contributed by atoms with Crippen LogP contribution in [0.5, 0.6) is 17.2 Å². The molecule has 0 unspecified atom stereocenters. The van der Waals surface area contributed by atoms with E-state index in [0.717, 1.165) is 0 Å². The molecule has 2 aromatic rings. The third-order valence-corrected chi connectivity index (χ3v) is 4.46. The summed E-state index contributed by atoms with van der Waals surface area (Å²) in [5.74, 6) is 0.883. The molecular formula is C16H16N2O6S. The quantitative estimate of drug-likeness (QED) is 0.846. The second-order valence-corrected chi connectivity index (χ2v) is 6.79. The Labute approximate surface area is 144 Å². The number of anilines is 1. The van der Waals surface area contributed by atoms with Crippen LogP contribution in [0.2, 0.25) is 0 Å². The van der Waals surface area contributed by atoms with Gasteiger partial charge in [-0.25, -0.2) is 13.6 Å². The predicted octanol–water partition coefficient (Wildman–Crippen LogP) is 1.37. The lowest BCUT2D eigenvalue weighted by molar-refractivity contribution is 0.102. The molecule has 0 saturated carbocycles.